The summed E-state index contributed by atoms with van der Waals surface area (Å²) in [4.78, 5) is 34.4. The van der Waals surface area contributed by atoms with Crippen LogP contribution in [0.4, 0.5) is 4.79 Å². The fraction of sp³-hybridized carbons (Fsp3) is 0.500. The van der Waals surface area contributed by atoms with Crippen molar-refractivity contribution in [3.8, 4) is 0 Å². The first kappa shape index (κ1) is 9.89. The molecule has 15 heavy (non-hydrogen) atoms. The van der Waals surface area contributed by atoms with E-state index in [9.17, 15) is 14.4 Å². The van der Waals surface area contributed by atoms with Gasteiger partial charge in [-0.25, -0.2) is 4.79 Å². The van der Waals surface area contributed by atoms with Gasteiger partial charge in [0.25, 0.3) is 0 Å². The van der Waals surface area contributed by atoms with Gasteiger partial charge in [0.05, 0.1) is 0 Å². The van der Waals surface area contributed by atoms with E-state index in [4.69, 9.17) is 0 Å². The van der Waals surface area contributed by atoms with Crippen molar-refractivity contribution in [2.24, 2.45) is 5.92 Å². The van der Waals surface area contributed by atoms with Gasteiger partial charge < -0.3 is 0 Å². The van der Waals surface area contributed by atoms with E-state index in [1.54, 1.807) is 0 Å². The third-order valence-electron chi connectivity index (χ3n) is 2.72. The smallest absolute Gasteiger partial charge is 0.269 e. The van der Waals surface area contributed by atoms with Crippen LogP contribution >= 0.6 is 0 Å². The van der Waals surface area contributed by atoms with Crippen LogP contribution in [0.1, 0.15) is 19.3 Å². The Morgan fingerprint density at radius 3 is 2.67 bits per heavy atom. The Morgan fingerprint density at radius 2 is 2.13 bits per heavy atom. The maximum Gasteiger partial charge on any atom is 0.331 e. The Hall–Kier alpha value is -1.65. The number of rotatable bonds is 2. The SMILES string of the molecule is O=C1NC(=O)N(CC2CC=CCC2)C1=O. The minimum atomic E-state index is -0.814. The van der Waals surface area contributed by atoms with Crippen molar-refractivity contribution in [1.82, 2.24) is 10.2 Å². The minimum Gasteiger partial charge on any atom is -0.269 e. The largest absolute Gasteiger partial charge is 0.331 e. The molecule has 1 N–H and O–H groups in total. The summed E-state index contributed by atoms with van der Waals surface area (Å²) in [6.45, 7) is 0.348. The zero-order valence-corrected chi connectivity index (χ0v) is 8.23. The molecule has 1 saturated heterocycles. The van der Waals surface area contributed by atoms with Gasteiger partial charge in [-0.2, -0.15) is 0 Å². The molecule has 80 valence electrons. The van der Waals surface area contributed by atoms with Crippen molar-refractivity contribution in [1.29, 1.82) is 0 Å². The third-order valence-corrected chi connectivity index (χ3v) is 2.72. The lowest BCUT2D eigenvalue weighted by atomic mass is 9.94. The molecule has 1 aliphatic heterocycles. The van der Waals surface area contributed by atoms with Gasteiger partial charge in [0.1, 0.15) is 0 Å². The van der Waals surface area contributed by atoms with Crippen LogP contribution in [-0.4, -0.2) is 29.3 Å². The predicted molar refractivity (Wildman–Crippen MR) is 51.7 cm³/mol. The molecule has 1 aliphatic carbocycles. The molecule has 0 spiro atoms. The molecule has 0 saturated carbocycles. The van der Waals surface area contributed by atoms with Gasteiger partial charge >= 0.3 is 17.8 Å². The molecule has 0 aromatic carbocycles. The first-order valence-electron chi connectivity index (χ1n) is 5.00. The summed E-state index contributed by atoms with van der Waals surface area (Å²) in [6.07, 6.45) is 6.94. The van der Waals surface area contributed by atoms with Gasteiger partial charge in [-0.05, 0) is 25.2 Å². The van der Waals surface area contributed by atoms with Crippen molar-refractivity contribution in [3.05, 3.63) is 12.2 Å². The standard InChI is InChI=1S/C10H12N2O3/c13-8-9(14)12(10(15)11-8)6-7-4-2-1-3-5-7/h1-2,7H,3-6H2,(H,11,13,15). The average Bonchev–Trinajstić information content (AvgIpc) is 2.47. The van der Waals surface area contributed by atoms with Crippen molar-refractivity contribution in [2.45, 2.75) is 19.3 Å². The van der Waals surface area contributed by atoms with E-state index in [-0.39, 0.29) is 5.92 Å². The lowest BCUT2D eigenvalue weighted by Gasteiger charge is -2.21. The van der Waals surface area contributed by atoms with Crippen LogP contribution in [0.5, 0.6) is 0 Å². The van der Waals surface area contributed by atoms with E-state index in [2.05, 4.69) is 12.2 Å². The second-order valence-electron chi connectivity index (χ2n) is 3.83. The molecule has 0 bridgehead atoms. The molecule has 5 heteroatoms. The first-order valence-corrected chi connectivity index (χ1v) is 5.00. The summed E-state index contributed by atoms with van der Waals surface area (Å²) >= 11 is 0. The van der Waals surface area contributed by atoms with Gasteiger partial charge in [-0.3, -0.25) is 19.8 Å². The zero-order valence-electron chi connectivity index (χ0n) is 8.23. The molecule has 1 heterocycles. The number of amides is 4. The predicted octanol–water partition coefficient (Wildman–Crippen LogP) is 0.421. The molecule has 2 aliphatic rings. The van der Waals surface area contributed by atoms with Gasteiger partial charge in [0.15, 0.2) is 0 Å². The fourth-order valence-electron chi connectivity index (χ4n) is 1.88. The van der Waals surface area contributed by atoms with E-state index in [1.165, 1.54) is 0 Å². The number of nitrogens with zero attached hydrogens (tertiary/aromatic N) is 1. The molecule has 2 rings (SSSR count). The number of hydrogen-bond donors (Lipinski definition) is 1. The summed E-state index contributed by atoms with van der Waals surface area (Å²) in [6, 6.07) is -0.584. The molecule has 5 nitrogen and oxygen atoms in total. The lowest BCUT2D eigenvalue weighted by molar-refractivity contribution is -0.140. The van der Waals surface area contributed by atoms with Gasteiger partial charge in [0.2, 0.25) is 0 Å². The zero-order chi connectivity index (χ0) is 10.8. The highest BCUT2D eigenvalue weighted by Crippen LogP contribution is 2.20. The number of allylic oxidation sites excluding steroid dienone is 2. The Morgan fingerprint density at radius 1 is 1.33 bits per heavy atom. The maximum absolute atomic E-state index is 11.3. The van der Waals surface area contributed by atoms with Gasteiger partial charge in [-0.1, -0.05) is 12.2 Å². The van der Waals surface area contributed by atoms with E-state index < -0.39 is 17.8 Å². The minimum absolute atomic E-state index is 0.288. The highest BCUT2D eigenvalue weighted by molar-refractivity contribution is 6.44. The topological polar surface area (TPSA) is 66.5 Å². The van der Waals surface area contributed by atoms with Crippen LogP contribution in [0.3, 0.4) is 0 Å². The molecule has 0 aromatic heterocycles. The molecular formula is C10H12N2O3. The number of urea groups is 1. The fourth-order valence-corrected chi connectivity index (χ4v) is 1.88. The monoisotopic (exact) mass is 208 g/mol. The maximum atomic E-state index is 11.3. The second-order valence-corrected chi connectivity index (χ2v) is 3.83. The number of imide groups is 2. The van der Waals surface area contributed by atoms with Crippen molar-refractivity contribution in [2.75, 3.05) is 6.54 Å². The lowest BCUT2D eigenvalue weighted by Crippen LogP contribution is -2.35. The van der Waals surface area contributed by atoms with Crippen molar-refractivity contribution >= 4 is 17.8 Å². The van der Waals surface area contributed by atoms with Crippen LogP contribution < -0.4 is 5.32 Å². The van der Waals surface area contributed by atoms with Crippen molar-refractivity contribution < 1.29 is 14.4 Å². The van der Waals surface area contributed by atoms with E-state index in [0.717, 1.165) is 24.2 Å². The Labute approximate surface area is 87.1 Å². The normalized spacial score (nSPS) is 26.0. The highest BCUT2D eigenvalue weighted by atomic mass is 16.2. The molecule has 0 aromatic rings. The van der Waals surface area contributed by atoms with Crippen LogP contribution in [-0.2, 0) is 9.59 Å². The number of carbonyl (C=O) groups is 3. The summed E-state index contributed by atoms with van der Waals surface area (Å²) in [5.74, 6) is -1.25. The third kappa shape index (κ3) is 1.91. The van der Waals surface area contributed by atoms with Crippen LogP contribution in [0.2, 0.25) is 0 Å². The van der Waals surface area contributed by atoms with Crippen molar-refractivity contribution in [3.63, 3.8) is 0 Å². The van der Waals surface area contributed by atoms with E-state index in [1.807, 2.05) is 5.32 Å². The first-order chi connectivity index (χ1) is 7.18. The molecule has 4 amide bonds. The molecular weight excluding hydrogens is 196 g/mol. The summed E-state index contributed by atoms with van der Waals surface area (Å²) in [5.41, 5.74) is 0. The quantitative estimate of drug-likeness (QED) is 0.406. The Balaban J connectivity index is 1.99. The summed E-state index contributed by atoms with van der Waals surface area (Å²) in [5, 5.41) is 1.99. The van der Waals surface area contributed by atoms with Crippen LogP contribution in [0.15, 0.2) is 12.2 Å². The van der Waals surface area contributed by atoms with Gasteiger partial charge in [-0.15, -0.1) is 0 Å². The molecule has 1 unspecified atom stereocenters. The number of nitrogens with one attached hydrogen (secondary N) is 1. The van der Waals surface area contributed by atoms with E-state index in [0.29, 0.717) is 6.54 Å². The number of hydrogen-bond acceptors (Lipinski definition) is 3. The summed E-state index contributed by atoms with van der Waals surface area (Å²) in [7, 11) is 0. The molecule has 1 atom stereocenters. The highest BCUT2D eigenvalue weighted by Gasteiger charge is 2.37. The van der Waals surface area contributed by atoms with Crippen LogP contribution in [0, 0.1) is 5.92 Å². The summed E-state index contributed by atoms with van der Waals surface area (Å²) < 4.78 is 0. The molecule has 1 fully saturated rings. The molecule has 0 radical (unpaired) electrons. The number of carbonyl (C=O) groups excluding carboxylic acids is 3. The van der Waals surface area contributed by atoms with Gasteiger partial charge in [0, 0.05) is 6.54 Å². The van der Waals surface area contributed by atoms with E-state index >= 15 is 0 Å². The Bertz CT molecular complexity index is 349. The average molecular weight is 208 g/mol. The Kier molecular flexibility index (Phi) is 2.53. The van der Waals surface area contributed by atoms with Crippen LogP contribution in [0.25, 0.3) is 0 Å². The second kappa shape index (κ2) is 3.84.